The molecule has 0 saturated carbocycles. The van der Waals surface area contributed by atoms with Crippen molar-refractivity contribution in [3.63, 3.8) is 0 Å². The van der Waals surface area contributed by atoms with E-state index in [2.05, 4.69) is 0 Å². The van der Waals surface area contributed by atoms with Gasteiger partial charge in [0, 0.05) is 23.0 Å². The molecule has 4 rings (SSSR count). The fourth-order valence-corrected chi connectivity index (χ4v) is 5.20. The van der Waals surface area contributed by atoms with Crippen molar-refractivity contribution in [2.45, 2.75) is 39.3 Å². The molecule has 2 aromatic carbocycles. The first-order chi connectivity index (χ1) is 16.3. The smallest absolute Gasteiger partial charge is 0.254 e. The lowest BCUT2D eigenvalue weighted by Crippen LogP contribution is -2.49. The SMILES string of the molecule is Cc1ccccc1C(=O)N(CC(=O)N1CCc2sccc2[C@@H]1COc1ccc(F)cc1)C(C)C. The molecular weight excluding hydrogens is 451 g/mol. The number of hydrogen-bond donors (Lipinski definition) is 0. The molecule has 0 aliphatic carbocycles. The number of benzene rings is 2. The number of ether oxygens (including phenoxy) is 1. The molecule has 5 nitrogen and oxygen atoms in total. The minimum atomic E-state index is -0.325. The average Bonchev–Trinajstić information content (AvgIpc) is 3.31. The van der Waals surface area contributed by atoms with E-state index in [1.807, 2.05) is 55.3 Å². The summed E-state index contributed by atoms with van der Waals surface area (Å²) in [6, 6.07) is 15.0. The van der Waals surface area contributed by atoms with Gasteiger partial charge in [0.2, 0.25) is 5.91 Å². The van der Waals surface area contributed by atoms with Gasteiger partial charge in [0.15, 0.2) is 0 Å². The quantitative estimate of drug-likeness (QED) is 0.464. The topological polar surface area (TPSA) is 49.9 Å². The van der Waals surface area contributed by atoms with Crippen molar-refractivity contribution in [1.82, 2.24) is 9.80 Å². The second-order valence-electron chi connectivity index (χ2n) is 8.76. The van der Waals surface area contributed by atoms with E-state index in [0.717, 1.165) is 17.5 Å². The first-order valence-electron chi connectivity index (χ1n) is 11.5. The highest BCUT2D eigenvalue weighted by Gasteiger charge is 2.34. The molecule has 0 radical (unpaired) electrons. The van der Waals surface area contributed by atoms with E-state index in [1.165, 1.54) is 17.0 Å². The van der Waals surface area contributed by atoms with Crippen LogP contribution in [0.5, 0.6) is 5.75 Å². The Morgan fingerprint density at radius 2 is 1.88 bits per heavy atom. The summed E-state index contributed by atoms with van der Waals surface area (Å²) in [4.78, 5) is 31.6. The van der Waals surface area contributed by atoms with Crippen LogP contribution in [0.1, 0.15) is 46.3 Å². The van der Waals surface area contributed by atoms with Crippen LogP contribution in [-0.4, -0.2) is 47.4 Å². The third-order valence-corrected chi connectivity index (χ3v) is 7.20. The van der Waals surface area contributed by atoms with E-state index in [1.54, 1.807) is 34.4 Å². The Kier molecular flexibility index (Phi) is 7.32. The molecule has 0 bridgehead atoms. The number of carbonyl (C=O) groups excluding carboxylic acids is 2. The van der Waals surface area contributed by atoms with Gasteiger partial charge in [-0.2, -0.15) is 0 Å². The number of nitrogens with zero attached hydrogens (tertiary/aromatic N) is 2. The molecule has 0 spiro atoms. The van der Waals surface area contributed by atoms with E-state index in [4.69, 9.17) is 4.74 Å². The van der Waals surface area contributed by atoms with Gasteiger partial charge in [-0.3, -0.25) is 9.59 Å². The molecule has 1 aliphatic rings. The number of amides is 2. The Labute approximate surface area is 203 Å². The highest BCUT2D eigenvalue weighted by atomic mass is 32.1. The fraction of sp³-hybridized carbons (Fsp3) is 0.333. The molecule has 2 heterocycles. The van der Waals surface area contributed by atoms with Gasteiger partial charge >= 0.3 is 0 Å². The summed E-state index contributed by atoms with van der Waals surface area (Å²) in [5, 5.41) is 2.03. The predicted octanol–water partition coefficient (Wildman–Crippen LogP) is 5.25. The van der Waals surface area contributed by atoms with Crippen LogP contribution < -0.4 is 4.74 Å². The van der Waals surface area contributed by atoms with Crippen molar-refractivity contribution < 1.29 is 18.7 Å². The van der Waals surface area contributed by atoms with E-state index in [-0.39, 0.29) is 42.9 Å². The molecule has 34 heavy (non-hydrogen) atoms. The summed E-state index contributed by atoms with van der Waals surface area (Å²) >= 11 is 1.68. The second kappa shape index (κ2) is 10.4. The molecule has 3 aromatic rings. The molecule has 1 aromatic heterocycles. The average molecular weight is 481 g/mol. The fourth-order valence-electron chi connectivity index (χ4n) is 4.27. The molecule has 1 atom stereocenters. The Balaban J connectivity index is 1.54. The number of rotatable bonds is 7. The number of carbonyl (C=O) groups is 2. The van der Waals surface area contributed by atoms with Gasteiger partial charge < -0.3 is 14.5 Å². The van der Waals surface area contributed by atoms with Crippen LogP contribution in [0.4, 0.5) is 4.39 Å². The largest absolute Gasteiger partial charge is 0.491 e. The number of fused-ring (bicyclic) bond motifs is 1. The molecule has 0 unspecified atom stereocenters. The molecule has 0 fully saturated rings. The number of aryl methyl sites for hydroxylation is 1. The van der Waals surface area contributed by atoms with Crippen molar-refractivity contribution in [2.75, 3.05) is 19.7 Å². The Bertz CT molecular complexity index is 1160. The minimum Gasteiger partial charge on any atom is -0.491 e. The third kappa shape index (κ3) is 5.14. The van der Waals surface area contributed by atoms with E-state index < -0.39 is 0 Å². The zero-order chi connectivity index (χ0) is 24.2. The number of thiophene rings is 1. The van der Waals surface area contributed by atoms with Crippen LogP contribution in [0.3, 0.4) is 0 Å². The summed E-state index contributed by atoms with van der Waals surface area (Å²) in [7, 11) is 0. The lowest BCUT2D eigenvalue weighted by Gasteiger charge is -2.37. The molecule has 2 amide bonds. The first kappa shape index (κ1) is 24.0. The van der Waals surface area contributed by atoms with Gasteiger partial charge in [0.05, 0.1) is 6.04 Å². The van der Waals surface area contributed by atoms with E-state index >= 15 is 0 Å². The summed E-state index contributed by atoms with van der Waals surface area (Å²) < 4.78 is 19.2. The van der Waals surface area contributed by atoms with Gasteiger partial charge in [0.25, 0.3) is 5.91 Å². The van der Waals surface area contributed by atoms with Crippen LogP contribution in [0.2, 0.25) is 0 Å². The summed E-state index contributed by atoms with van der Waals surface area (Å²) in [6.45, 7) is 6.57. The molecule has 0 N–H and O–H groups in total. The Hall–Kier alpha value is -3.19. The first-order valence-corrected chi connectivity index (χ1v) is 12.3. The maximum absolute atomic E-state index is 13.6. The third-order valence-electron chi connectivity index (χ3n) is 6.20. The van der Waals surface area contributed by atoms with Crippen LogP contribution in [0, 0.1) is 12.7 Å². The monoisotopic (exact) mass is 480 g/mol. The van der Waals surface area contributed by atoms with Gasteiger partial charge in [0.1, 0.15) is 24.7 Å². The van der Waals surface area contributed by atoms with Gasteiger partial charge in [-0.15, -0.1) is 11.3 Å². The van der Waals surface area contributed by atoms with Crippen molar-refractivity contribution in [2.24, 2.45) is 0 Å². The zero-order valence-electron chi connectivity index (χ0n) is 19.7. The highest BCUT2D eigenvalue weighted by Crippen LogP contribution is 2.34. The molecule has 0 saturated heterocycles. The van der Waals surface area contributed by atoms with Gasteiger partial charge in [-0.05, 0) is 80.1 Å². The van der Waals surface area contributed by atoms with E-state index in [9.17, 15) is 14.0 Å². The predicted molar refractivity (Wildman–Crippen MR) is 132 cm³/mol. The minimum absolute atomic E-state index is 0.00263. The van der Waals surface area contributed by atoms with Crippen molar-refractivity contribution in [3.05, 3.63) is 87.4 Å². The van der Waals surface area contributed by atoms with Crippen LogP contribution in [0.25, 0.3) is 0 Å². The summed E-state index contributed by atoms with van der Waals surface area (Å²) in [5.41, 5.74) is 2.57. The molecular formula is C27H29FN2O3S. The van der Waals surface area contributed by atoms with Gasteiger partial charge in [-0.1, -0.05) is 18.2 Å². The van der Waals surface area contributed by atoms with Crippen molar-refractivity contribution in [1.29, 1.82) is 0 Å². The molecule has 1 aliphatic heterocycles. The maximum Gasteiger partial charge on any atom is 0.254 e. The zero-order valence-corrected chi connectivity index (χ0v) is 20.5. The van der Waals surface area contributed by atoms with Crippen LogP contribution >= 0.6 is 11.3 Å². The Morgan fingerprint density at radius 1 is 1.15 bits per heavy atom. The number of halogens is 1. The van der Waals surface area contributed by atoms with Crippen LogP contribution in [0.15, 0.2) is 60.0 Å². The van der Waals surface area contributed by atoms with E-state index in [0.29, 0.717) is 17.9 Å². The van der Waals surface area contributed by atoms with Gasteiger partial charge in [-0.25, -0.2) is 4.39 Å². The highest BCUT2D eigenvalue weighted by molar-refractivity contribution is 7.10. The summed E-state index contributed by atoms with van der Waals surface area (Å²) in [6.07, 6.45) is 0.777. The lowest BCUT2D eigenvalue weighted by molar-refractivity contribution is -0.136. The molecule has 178 valence electrons. The number of hydrogen-bond acceptors (Lipinski definition) is 4. The Morgan fingerprint density at radius 3 is 2.59 bits per heavy atom. The van der Waals surface area contributed by atoms with Crippen LogP contribution in [-0.2, 0) is 11.2 Å². The molecule has 7 heteroatoms. The second-order valence-corrected chi connectivity index (χ2v) is 9.76. The standard InChI is InChI=1S/C27H29FN2O3S/c1-18(2)30(27(32)22-7-5-4-6-19(22)3)16-26(31)29-14-12-25-23(13-15-34-25)24(29)17-33-21-10-8-20(28)9-11-21/h4-11,13,15,18,24H,12,14,16-17H2,1-3H3/t24-/m0/s1. The maximum atomic E-state index is 13.6. The summed E-state index contributed by atoms with van der Waals surface area (Å²) in [5.74, 6) is -0.0299. The lowest BCUT2D eigenvalue weighted by atomic mass is 10.00. The van der Waals surface area contributed by atoms with Crippen molar-refractivity contribution >= 4 is 23.2 Å². The normalized spacial score (nSPS) is 15.2. The van der Waals surface area contributed by atoms with Crippen molar-refractivity contribution in [3.8, 4) is 5.75 Å².